The lowest BCUT2D eigenvalue weighted by molar-refractivity contribution is 0.669. The Morgan fingerprint density at radius 3 is 0.812 bits per heavy atom. The fourth-order valence-electron chi connectivity index (χ4n) is 20.6. The van der Waals surface area contributed by atoms with Crippen LogP contribution in [0.3, 0.4) is 0 Å². The molecule has 8 heteroatoms. The van der Waals surface area contributed by atoms with Gasteiger partial charge in [-0.1, -0.05) is 285 Å². The van der Waals surface area contributed by atoms with Gasteiger partial charge in [0.05, 0.1) is 16.8 Å². The van der Waals surface area contributed by atoms with Crippen molar-refractivity contribution in [3.63, 3.8) is 0 Å². The van der Waals surface area contributed by atoms with Gasteiger partial charge >= 0.3 is 0 Å². The van der Waals surface area contributed by atoms with Crippen LogP contribution < -0.4 is 14.7 Å². The van der Waals surface area contributed by atoms with Crippen LogP contribution in [-0.2, 0) is 0 Å². The Balaban J connectivity index is 0.000000102. The average Bonchev–Trinajstić information content (AvgIpc) is 1.50. The highest BCUT2D eigenvalue weighted by Crippen LogP contribution is 2.52. The maximum atomic E-state index is 6.56. The van der Waals surface area contributed by atoms with E-state index in [1.165, 1.54) is 123 Å². The highest BCUT2D eigenvalue weighted by Gasteiger charge is 2.27. The Labute approximate surface area is 737 Å². The van der Waals surface area contributed by atoms with Crippen LogP contribution in [0.2, 0.25) is 0 Å². The fourth-order valence-corrected chi connectivity index (χ4v) is 21.7. The lowest BCUT2D eigenvalue weighted by atomic mass is 9.93. The van der Waals surface area contributed by atoms with Crippen LogP contribution in [0.25, 0.3) is 205 Å². The summed E-state index contributed by atoms with van der Waals surface area (Å²) in [4.78, 5) is 7.06. The molecule has 0 radical (unpaired) electrons. The van der Waals surface area contributed by atoms with Crippen LogP contribution in [0.1, 0.15) is 0 Å². The Kier molecular flexibility index (Phi) is 16.8. The molecular weight excluding hydrogens is 1580 g/mol. The van der Waals surface area contributed by atoms with Crippen molar-refractivity contribution in [1.82, 2.24) is 0 Å². The Morgan fingerprint density at radius 1 is 0.148 bits per heavy atom. The molecule has 0 saturated heterocycles. The molecule has 28 rings (SSSR count). The molecule has 0 fully saturated rings. The molecule has 0 aliphatic carbocycles. The summed E-state index contributed by atoms with van der Waals surface area (Å²) in [6, 6.07) is 158. The monoisotopic (exact) mass is 1650 g/mol. The lowest BCUT2D eigenvalue weighted by Crippen LogP contribution is -2.10. The normalized spacial score (nSPS) is 11.9. The van der Waals surface area contributed by atoms with E-state index in [-0.39, 0.29) is 0 Å². The van der Waals surface area contributed by atoms with Gasteiger partial charge in [0.25, 0.3) is 0 Å². The van der Waals surface area contributed by atoms with E-state index < -0.39 is 0 Å². The maximum Gasteiger partial charge on any atom is 0.143 e. The van der Waals surface area contributed by atoms with Crippen LogP contribution in [0.4, 0.5) is 51.2 Å². The molecule has 0 N–H and O–H groups in total. The molecule has 28 aromatic rings. The summed E-state index contributed by atoms with van der Waals surface area (Å²) in [6.45, 7) is 0. The lowest BCUT2D eigenvalue weighted by Gasteiger charge is -2.27. The van der Waals surface area contributed by atoms with E-state index in [4.69, 9.17) is 17.7 Å². The Bertz CT molecular complexity index is 8950. The quantitative estimate of drug-likeness (QED) is 0.133. The molecule has 598 valence electrons. The van der Waals surface area contributed by atoms with Gasteiger partial charge in [-0.15, -0.1) is 11.3 Å². The largest absolute Gasteiger partial charge is 0.456 e. The number of furan rings is 4. The van der Waals surface area contributed by atoms with E-state index in [9.17, 15) is 0 Å². The third-order valence-electron chi connectivity index (χ3n) is 26.0. The second-order valence-electron chi connectivity index (χ2n) is 33.1. The molecule has 0 bridgehead atoms. The van der Waals surface area contributed by atoms with Crippen LogP contribution in [-0.4, -0.2) is 0 Å². The fraction of sp³-hybridized carbons (Fsp3) is 0. The summed E-state index contributed by atoms with van der Waals surface area (Å²) in [6.07, 6.45) is 0. The van der Waals surface area contributed by atoms with Crippen molar-refractivity contribution in [3.05, 3.63) is 443 Å². The molecule has 5 heterocycles. The number of hydrogen-bond donors (Lipinski definition) is 0. The molecule has 0 spiro atoms. The van der Waals surface area contributed by atoms with Crippen molar-refractivity contribution >= 4 is 267 Å². The minimum absolute atomic E-state index is 0.878. The minimum atomic E-state index is 0.878. The second-order valence-corrected chi connectivity index (χ2v) is 34.2. The first-order chi connectivity index (χ1) is 63.5. The standard InChI is InChI=1S/C42H25NO2.C42H25NOS.C36H23NO/c1-2-11-27(12-3-1)43(35-17-10-20-38-41(35)33-16-7-8-18-36(33)44-38)28-22-24-29-26(25-28)21-23-34-39(29)30-13-4-5-14-31(30)40-32-15-6-9-19-37(32)45-42(34)40;1-2-11-27(12-3-1)43(35-17-10-20-38-41(35)33-16-7-9-19-37(33)45-38)28-22-24-29-26(25-28)21-23-34-39(29)30-13-4-5-14-31(30)40-32-15-6-8-18-36(32)44-42(34)40;1-3-11-25(12-4-1)37(26-13-5-2-6-14-26)27-20-22-28-24(23-27)19-21-32-34(28)29-15-7-8-16-30(29)35-31-17-9-10-18-33(31)38-36(32)35/h2*1-25H;1-23H. The smallest absolute Gasteiger partial charge is 0.143 e. The Hall–Kier alpha value is -16.8. The molecule has 5 aromatic heterocycles. The van der Waals surface area contributed by atoms with Crippen molar-refractivity contribution in [2.45, 2.75) is 0 Å². The number of nitrogens with zero attached hydrogens (tertiary/aromatic N) is 3. The molecular formula is C120H73N3O4S. The van der Waals surface area contributed by atoms with Crippen molar-refractivity contribution in [3.8, 4) is 0 Å². The third-order valence-corrected chi connectivity index (χ3v) is 27.1. The van der Waals surface area contributed by atoms with E-state index >= 15 is 0 Å². The predicted molar refractivity (Wildman–Crippen MR) is 543 cm³/mol. The molecule has 0 atom stereocenters. The zero-order chi connectivity index (χ0) is 84.0. The van der Waals surface area contributed by atoms with Crippen LogP contribution in [0.15, 0.2) is 461 Å². The molecule has 0 aliphatic heterocycles. The van der Waals surface area contributed by atoms with Gasteiger partial charge in [0, 0.05) is 130 Å². The number of hydrogen-bond acceptors (Lipinski definition) is 8. The van der Waals surface area contributed by atoms with E-state index in [1.54, 1.807) is 0 Å². The minimum Gasteiger partial charge on any atom is -0.456 e. The highest BCUT2D eigenvalue weighted by molar-refractivity contribution is 7.26. The first kappa shape index (κ1) is 72.8. The average molecular weight is 1650 g/mol. The molecule has 0 saturated carbocycles. The van der Waals surface area contributed by atoms with Gasteiger partial charge < -0.3 is 32.4 Å². The van der Waals surface area contributed by atoms with Crippen LogP contribution >= 0.6 is 11.3 Å². The number of rotatable bonds is 9. The number of para-hydroxylation sites is 8. The van der Waals surface area contributed by atoms with Gasteiger partial charge in [0.1, 0.15) is 44.7 Å². The van der Waals surface area contributed by atoms with Gasteiger partial charge in [-0.2, -0.15) is 0 Å². The van der Waals surface area contributed by atoms with Gasteiger partial charge in [0.15, 0.2) is 0 Å². The summed E-state index contributed by atoms with van der Waals surface area (Å²) >= 11 is 1.86. The van der Waals surface area contributed by atoms with Gasteiger partial charge in [-0.25, -0.2) is 0 Å². The second kappa shape index (κ2) is 29.5. The zero-order valence-electron chi connectivity index (χ0n) is 69.0. The maximum absolute atomic E-state index is 6.56. The summed E-state index contributed by atoms with van der Waals surface area (Å²) < 4.78 is 28.5. The summed E-state index contributed by atoms with van der Waals surface area (Å²) in [5.74, 6) is 0. The number of anilines is 9. The molecule has 0 amide bonds. The van der Waals surface area contributed by atoms with E-state index in [0.717, 1.165) is 133 Å². The number of benzene rings is 23. The summed E-state index contributed by atoms with van der Waals surface area (Å²) in [7, 11) is 0. The molecule has 0 aliphatic rings. The number of thiophene rings is 1. The van der Waals surface area contributed by atoms with Crippen molar-refractivity contribution in [2.24, 2.45) is 0 Å². The van der Waals surface area contributed by atoms with Gasteiger partial charge in [0.2, 0.25) is 0 Å². The van der Waals surface area contributed by atoms with Gasteiger partial charge in [-0.3, -0.25) is 0 Å². The van der Waals surface area contributed by atoms with Crippen LogP contribution in [0.5, 0.6) is 0 Å². The molecule has 7 nitrogen and oxygen atoms in total. The topological polar surface area (TPSA) is 62.3 Å². The van der Waals surface area contributed by atoms with E-state index in [1.807, 2.05) is 41.7 Å². The van der Waals surface area contributed by atoms with Crippen molar-refractivity contribution in [2.75, 3.05) is 14.7 Å². The first-order valence-corrected chi connectivity index (χ1v) is 44.3. The van der Waals surface area contributed by atoms with E-state index in [2.05, 4.69) is 427 Å². The van der Waals surface area contributed by atoms with Crippen LogP contribution in [0, 0.1) is 0 Å². The van der Waals surface area contributed by atoms with Gasteiger partial charge in [-0.05, 0) is 222 Å². The molecule has 0 unspecified atom stereocenters. The Morgan fingerprint density at radius 2 is 0.422 bits per heavy atom. The SMILES string of the molecule is c1ccc(N(c2ccc3c(ccc4c5oc6ccccc6c5c5ccccc5c34)c2)c2cccc3oc4ccccc4c23)cc1.c1ccc(N(c2ccc3c(ccc4c5oc6ccccc6c5c5ccccc5c34)c2)c2cccc3sc4ccccc4c23)cc1.c1ccc(N(c2ccccc2)c2ccc3c(ccc4c5oc6ccccc6c5c5ccccc5c34)c2)cc1. The van der Waals surface area contributed by atoms with Crippen molar-refractivity contribution in [1.29, 1.82) is 0 Å². The highest BCUT2D eigenvalue weighted by atomic mass is 32.1. The summed E-state index contributed by atoms with van der Waals surface area (Å²) in [5.41, 5.74) is 17.5. The number of fused-ring (bicyclic) bond motifs is 36. The predicted octanol–water partition coefficient (Wildman–Crippen LogP) is 35.8. The third kappa shape index (κ3) is 11.5. The van der Waals surface area contributed by atoms with E-state index in [0.29, 0.717) is 0 Å². The zero-order valence-corrected chi connectivity index (χ0v) is 69.8. The van der Waals surface area contributed by atoms with Crippen molar-refractivity contribution < 1.29 is 17.7 Å². The molecule has 128 heavy (non-hydrogen) atoms. The summed E-state index contributed by atoms with van der Waals surface area (Å²) in [5, 5.41) is 33.6. The first-order valence-electron chi connectivity index (χ1n) is 43.5. The molecule has 23 aromatic carbocycles.